The van der Waals surface area contributed by atoms with Crippen LogP contribution >= 0.6 is 11.3 Å². The van der Waals surface area contributed by atoms with Crippen molar-refractivity contribution < 1.29 is 0 Å². The molecule has 0 spiro atoms. The van der Waals surface area contributed by atoms with Gasteiger partial charge in [-0.15, -0.1) is 11.3 Å². The fourth-order valence-electron chi connectivity index (χ4n) is 2.09. The normalized spacial score (nSPS) is 13.5. The first-order valence-corrected chi connectivity index (χ1v) is 8.84. The van der Waals surface area contributed by atoms with Gasteiger partial charge in [0.15, 0.2) is 5.96 Å². The second-order valence-electron chi connectivity index (χ2n) is 5.93. The molecule has 0 amide bonds. The monoisotopic (exact) mass is 310 g/mol. The van der Waals surface area contributed by atoms with E-state index in [-0.39, 0.29) is 0 Å². The zero-order valence-corrected chi connectivity index (χ0v) is 14.9. The first-order valence-electron chi connectivity index (χ1n) is 7.96. The van der Waals surface area contributed by atoms with E-state index in [1.807, 2.05) is 12.4 Å². The van der Waals surface area contributed by atoms with Gasteiger partial charge in [-0.25, -0.2) is 9.98 Å². The number of aliphatic imine (C=N–C) groups is 1. The number of nitrogens with zero attached hydrogens (tertiary/aromatic N) is 2. The van der Waals surface area contributed by atoms with E-state index >= 15 is 0 Å². The fourth-order valence-corrected chi connectivity index (χ4v) is 2.79. The Morgan fingerprint density at radius 1 is 1.33 bits per heavy atom. The summed E-state index contributed by atoms with van der Waals surface area (Å²) in [5, 5.41) is 6.81. The van der Waals surface area contributed by atoms with Gasteiger partial charge < -0.3 is 10.6 Å². The number of thiazole rings is 1. The molecule has 1 rings (SSSR count). The van der Waals surface area contributed by atoms with Crippen molar-refractivity contribution in [2.45, 2.75) is 66.5 Å². The lowest BCUT2D eigenvalue weighted by atomic mass is 10.0. The van der Waals surface area contributed by atoms with Crippen LogP contribution in [0.4, 0.5) is 0 Å². The number of hydrogen-bond donors (Lipinski definition) is 2. The Morgan fingerprint density at radius 2 is 2.10 bits per heavy atom. The SMILES string of the molecule is CCNC(=NCc1scnc1C)NC(C)CCCC(C)C. The molecule has 0 saturated heterocycles. The number of guanidine groups is 1. The highest BCUT2D eigenvalue weighted by molar-refractivity contribution is 7.09. The van der Waals surface area contributed by atoms with Crippen molar-refractivity contribution >= 4 is 17.3 Å². The lowest BCUT2D eigenvalue weighted by Crippen LogP contribution is -2.42. The summed E-state index contributed by atoms with van der Waals surface area (Å²) in [6, 6.07) is 0.448. The molecule has 0 aromatic carbocycles. The van der Waals surface area contributed by atoms with Crippen LogP contribution in [0.25, 0.3) is 0 Å². The first kappa shape index (κ1) is 18.0. The van der Waals surface area contributed by atoms with Gasteiger partial charge in [-0.3, -0.25) is 0 Å². The molecule has 0 aliphatic rings. The predicted octanol–water partition coefficient (Wildman–Crippen LogP) is 3.72. The van der Waals surface area contributed by atoms with Gasteiger partial charge in [-0.05, 0) is 33.1 Å². The molecule has 1 unspecified atom stereocenters. The fraction of sp³-hybridized carbons (Fsp3) is 0.750. The lowest BCUT2D eigenvalue weighted by Gasteiger charge is -2.18. The summed E-state index contributed by atoms with van der Waals surface area (Å²) >= 11 is 1.67. The smallest absolute Gasteiger partial charge is 0.191 e. The summed E-state index contributed by atoms with van der Waals surface area (Å²) in [4.78, 5) is 10.2. The van der Waals surface area contributed by atoms with Crippen molar-refractivity contribution in [3.8, 4) is 0 Å². The Hall–Kier alpha value is -1.10. The van der Waals surface area contributed by atoms with Gasteiger partial charge in [0.05, 0.1) is 17.7 Å². The summed E-state index contributed by atoms with van der Waals surface area (Å²) in [5.41, 5.74) is 2.97. The molecule has 2 N–H and O–H groups in total. The number of nitrogens with one attached hydrogen (secondary N) is 2. The Bertz CT molecular complexity index is 426. The molecule has 0 radical (unpaired) electrons. The molecule has 21 heavy (non-hydrogen) atoms. The number of aryl methyl sites for hydroxylation is 1. The second kappa shape index (κ2) is 9.77. The molecule has 0 fully saturated rings. The van der Waals surface area contributed by atoms with E-state index in [1.54, 1.807) is 11.3 Å². The Labute approximate surface area is 133 Å². The molecule has 0 saturated carbocycles. The van der Waals surface area contributed by atoms with Gasteiger partial charge >= 0.3 is 0 Å². The van der Waals surface area contributed by atoms with Crippen LogP contribution in [-0.2, 0) is 6.54 Å². The van der Waals surface area contributed by atoms with E-state index in [0.29, 0.717) is 12.6 Å². The minimum atomic E-state index is 0.448. The van der Waals surface area contributed by atoms with Gasteiger partial charge in [0, 0.05) is 17.5 Å². The van der Waals surface area contributed by atoms with Crippen LogP contribution in [0.15, 0.2) is 10.5 Å². The van der Waals surface area contributed by atoms with Crippen molar-refractivity contribution in [1.82, 2.24) is 15.6 Å². The van der Waals surface area contributed by atoms with E-state index in [9.17, 15) is 0 Å². The average Bonchev–Trinajstić information content (AvgIpc) is 2.81. The summed E-state index contributed by atoms with van der Waals surface area (Å²) in [6.45, 7) is 12.5. The third kappa shape index (κ3) is 7.46. The molecule has 5 heteroatoms. The van der Waals surface area contributed by atoms with E-state index in [4.69, 9.17) is 0 Å². The van der Waals surface area contributed by atoms with Gasteiger partial charge in [0.25, 0.3) is 0 Å². The highest BCUT2D eigenvalue weighted by Crippen LogP contribution is 2.13. The largest absolute Gasteiger partial charge is 0.357 e. The minimum Gasteiger partial charge on any atom is -0.357 e. The van der Waals surface area contributed by atoms with Crippen molar-refractivity contribution in [2.24, 2.45) is 10.9 Å². The maximum Gasteiger partial charge on any atom is 0.191 e. The molecule has 1 atom stereocenters. The highest BCUT2D eigenvalue weighted by Gasteiger charge is 2.06. The van der Waals surface area contributed by atoms with Crippen LogP contribution in [-0.4, -0.2) is 23.5 Å². The third-order valence-electron chi connectivity index (χ3n) is 3.37. The van der Waals surface area contributed by atoms with Gasteiger partial charge in [-0.1, -0.05) is 26.7 Å². The maximum absolute atomic E-state index is 4.66. The van der Waals surface area contributed by atoms with Crippen LogP contribution in [0.3, 0.4) is 0 Å². The van der Waals surface area contributed by atoms with Crippen molar-refractivity contribution in [3.63, 3.8) is 0 Å². The molecular formula is C16H30N4S. The Balaban J connectivity index is 2.46. The first-order chi connectivity index (χ1) is 10.0. The topological polar surface area (TPSA) is 49.3 Å². The minimum absolute atomic E-state index is 0.448. The molecule has 1 aromatic rings. The summed E-state index contributed by atoms with van der Waals surface area (Å²) in [7, 11) is 0. The summed E-state index contributed by atoms with van der Waals surface area (Å²) in [6.07, 6.45) is 3.74. The predicted molar refractivity (Wildman–Crippen MR) is 93.0 cm³/mol. The number of aromatic nitrogens is 1. The van der Waals surface area contributed by atoms with Crippen LogP contribution in [0.5, 0.6) is 0 Å². The van der Waals surface area contributed by atoms with Gasteiger partial charge in [0.1, 0.15) is 0 Å². The van der Waals surface area contributed by atoms with E-state index in [0.717, 1.165) is 24.1 Å². The molecule has 4 nitrogen and oxygen atoms in total. The third-order valence-corrected chi connectivity index (χ3v) is 4.29. The van der Waals surface area contributed by atoms with E-state index < -0.39 is 0 Å². The Kier molecular flexibility index (Phi) is 8.35. The van der Waals surface area contributed by atoms with E-state index in [1.165, 1.54) is 24.1 Å². The van der Waals surface area contributed by atoms with Gasteiger partial charge in [-0.2, -0.15) is 0 Å². The van der Waals surface area contributed by atoms with Crippen LogP contribution in [0.2, 0.25) is 0 Å². The molecule has 1 heterocycles. The molecule has 120 valence electrons. The van der Waals surface area contributed by atoms with Gasteiger partial charge in [0.2, 0.25) is 0 Å². The summed E-state index contributed by atoms with van der Waals surface area (Å²) < 4.78 is 0. The quantitative estimate of drug-likeness (QED) is 0.568. The lowest BCUT2D eigenvalue weighted by molar-refractivity contribution is 0.491. The van der Waals surface area contributed by atoms with Crippen LogP contribution < -0.4 is 10.6 Å². The van der Waals surface area contributed by atoms with Crippen molar-refractivity contribution in [1.29, 1.82) is 0 Å². The van der Waals surface area contributed by atoms with Crippen molar-refractivity contribution in [2.75, 3.05) is 6.54 Å². The number of rotatable bonds is 8. The van der Waals surface area contributed by atoms with Crippen LogP contribution in [0.1, 0.15) is 57.5 Å². The van der Waals surface area contributed by atoms with E-state index in [2.05, 4.69) is 48.3 Å². The number of hydrogen-bond acceptors (Lipinski definition) is 3. The molecule has 0 aliphatic carbocycles. The molecule has 1 aromatic heterocycles. The zero-order chi connectivity index (χ0) is 15.7. The molecular weight excluding hydrogens is 280 g/mol. The second-order valence-corrected chi connectivity index (χ2v) is 6.87. The van der Waals surface area contributed by atoms with Crippen molar-refractivity contribution in [3.05, 3.63) is 16.1 Å². The maximum atomic E-state index is 4.66. The summed E-state index contributed by atoms with van der Waals surface area (Å²) in [5.74, 6) is 1.69. The standard InChI is InChI=1S/C16H30N4S/c1-6-17-16(18-10-15-14(5)19-11-21-15)20-13(4)9-7-8-12(2)3/h11-13H,6-10H2,1-5H3,(H2,17,18,20). The molecule has 0 bridgehead atoms. The average molecular weight is 311 g/mol. The Morgan fingerprint density at radius 3 is 2.67 bits per heavy atom. The van der Waals surface area contributed by atoms with Crippen LogP contribution in [0, 0.1) is 12.8 Å². The zero-order valence-electron chi connectivity index (χ0n) is 14.1. The highest BCUT2D eigenvalue weighted by atomic mass is 32.1. The molecule has 0 aliphatic heterocycles.